The van der Waals surface area contributed by atoms with E-state index in [1.807, 2.05) is 12.1 Å². The molecule has 1 aliphatic rings. The molecule has 1 amide bonds. The number of rotatable bonds is 4. The van der Waals surface area contributed by atoms with E-state index in [-0.39, 0.29) is 18.3 Å². The first-order valence-corrected chi connectivity index (χ1v) is 7.72. The van der Waals surface area contributed by atoms with Crippen LogP contribution in [0.2, 0.25) is 0 Å². The van der Waals surface area contributed by atoms with Crippen LogP contribution in [0.15, 0.2) is 54.2 Å². The van der Waals surface area contributed by atoms with Gasteiger partial charge < -0.3 is 10.1 Å². The summed E-state index contributed by atoms with van der Waals surface area (Å²) < 4.78 is 19.1. The Hall–Kier alpha value is -2.73. The molecule has 6 heteroatoms. The molecule has 0 aromatic heterocycles. The second kappa shape index (κ2) is 6.80. The summed E-state index contributed by atoms with van der Waals surface area (Å²) in [5, 5.41) is 3.25. The van der Waals surface area contributed by atoms with Crippen LogP contribution in [-0.2, 0) is 11.4 Å². The molecule has 1 saturated heterocycles. The molecule has 1 N–H and O–H groups in total. The van der Waals surface area contributed by atoms with Gasteiger partial charge in [0.15, 0.2) is 5.11 Å². The Morgan fingerprint density at radius 1 is 1.21 bits per heavy atom. The molecule has 2 aromatic carbocycles. The minimum Gasteiger partial charge on any atom is -0.489 e. The minimum atomic E-state index is -0.287. The highest BCUT2D eigenvalue weighted by Crippen LogP contribution is 2.18. The third kappa shape index (κ3) is 3.44. The lowest BCUT2D eigenvalue weighted by Gasteiger charge is -2.07. The second-order valence-corrected chi connectivity index (χ2v) is 5.69. The molecule has 0 atom stereocenters. The number of thiocarbonyl (C=S) groups is 1. The lowest BCUT2D eigenvalue weighted by molar-refractivity contribution is -0.121. The van der Waals surface area contributed by atoms with E-state index in [0.717, 1.165) is 5.56 Å². The van der Waals surface area contributed by atoms with Gasteiger partial charge in [-0.1, -0.05) is 30.3 Å². The molecule has 0 unspecified atom stereocenters. The van der Waals surface area contributed by atoms with E-state index < -0.39 is 0 Å². The van der Waals surface area contributed by atoms with Gasteiger partial charge in [-0.15, -0.1) is 0 Å². The Balaban J connectivity index is 1.67. The summed E-state index contributed by atoms with van der Waals surface area (Å²) in [7, 11) is 1.62. The highest BCUT2D eigenvalue weighted by Gasteiger charge is 2.26. The van der Waals surface area contributed by atoms with Crippen LogP contribution in [0.3, 0.4) is 0 Å². The molecular weight excluding hydrogens is 327 g/mol. The van der Waals surface area contributed by atoms with E-state index in [2.05, 4.69) is 5.32 Å². The van der Waals surface area contributed by atoms with Gasteiger partial charge in [0.1, 0.15) is 23.9 Å². The third-order valence-corrected chi connectivity index (χ3v) is 4.00. The van der Waals surface area contributed by atoms with Crippen LogP contribution >= 0.6 is 12.2 Å². The van der Waals surface area contributed by atoms with Gasteiger partial charge >= 0.3 is 0 Å². The number of hydrogen-bond acceptors (Lipinski definition) is 3. The van der Waals surface area contributed by atoms with Crippen LogP contribution in [0.4, 0.5) is 4.39 Å². The summed E-state index contributed by atoms with van der Waals surface area (Å²) in [4.78, 5) is 13.3. The predicted octanol–water partition coefficient (Wildman–Crippen LogP) is 3.09. The first-order valence-electron chi connectivity index (χ1n) is 7.31. The zero-order valence-corrected chi connectivity index (χ0v) is 13.8. The van der Waals surface area contributed by atoms with Crippen molar-refractivity contribution in [3.8, 4) is 5.75 Å². The van der Waals surface area contributed by atoms with Crippen molar-refractivity contribution in [2.75, 3.05) is 7.05 Å². The number of amides is 1. The number of halogens is 1. The van der Waals surface area contributed by atoms with Gasteiger partial charge in [0.25, 0.3) is 5.91 Å². The van der Waals surface area contributed by atoms with Gasteiger partial charge in [0.05, 0.1) is 0 Å². The largest absolute Gasteiger partial charge is 0.489 e. The highest BCUT2D eigenvalue weighted by atomic mass is 32.1. The SMILES string of the molecule is CN1C(=O)C(=Cc2ccc(OCc3ccccc3F)cc2)NC1=S. The third-order valence-electron chi connectivity index (χ3n) is 3.62. The van der Waals surface area contributed by atoms with Crippen molar-refractivity contribution in [1.29, 1.82) is 0 Å². The number of nitrogens with one attached hydrogen (secondary N) is 1. The number of carbonyl (C=O) groups is 1. The van der Waals surface area contributed by atoms with Crippen LogP contribution in [0.1, 0.15) is 11.1 Å². The lowest BCUT2D eigenvalue weighted by atomic mass is 10.2. The zero-order chi connectivity index (χ0) is 17.1. The summed E-state index contributed by atoms with van der Waals surface area (Å²) >= 11 is 5.03. The molecule has 0 spiro atoms. The molecule has 24 heavy (non-hydrogen) atoms. The Labute approximate surface area is 144 Å². The Bertz CT molecular complexity index is 818. The molecule has 122 valence electrons. The highest BCUT2D eigenvalue weighted by molar-refractivity contribution is 7.80. The molecular formula is C18H15FN2O2S. The maximum Gasteiger partial charge on any atom is 0.276 e. The number of carbonyl (C=O) groups excluding carboxylic acids is 1. The number of nitrogens with zero attached hydrogens (tertiary/aromatic N) is 1. The average Bonchev–Trinajstić information content (AvgIpc) is 2.82. The quantitative estimate of drug-likeness (QED) is 0.685. The predicted molar refractivity (Wildman–Crippen MR) is 93.7 cm³/mol. The van der Waals surface area contributed by atoms with Gasteiger partial charge in [0, 0.05) is 12.6 Å². The molecule has 4 nitrogen and oxygen atoms in total. The van der Waals surface area contributed by atoms with Crippen molar-refractivity contribution in [3.63, 3.8) is 0 Å². The number of likely N-dealkylation sites (N-methyl/N-ethyl adjacent to an activating group) is 1. The lowest BCUT2D eigenvalue weighted by Crippen LogP contribution is -2.25. The van der Waals surface area contributed by atoms with Gasteiger partial charge in [-0.25, -0.2) is 4.39 Å². The van der Waals surface area contributed by atoms with Gasteiger partial charge in [0.2, 0.25) is 0 Å². The Kier molecular flexibility index (Phi) is 4.57. The first kappa shape index (κ1) is 16.1. The molecule has 3 rings (SSSR count). The molecule has 0 saturated carbocycles. The Morgan fingerprint density at radius 3 is 2.54 bits per heavy atom. The van der Waals surface area contributed by atoms with E-state index in [1.165, 1.54) is 11.0 Å². The standard InChI is InChI=1S/C18H15FN2O2S/c1-21-17(22)16(20-18(21)24)10-12-6-8-14(9-7-12)23-11-13-4-2-3-5-15(13)19/h2-10H,11H2,1H3,(H,20,24). The van der Waals surface area contributed by atoms with Crippen LogP contribution in [0, 0.1) is 5.82 Å². The van der Waals surface area contributed by atoms with E-state index in [4.69, 9.17) is 17.0 Å². The number of benzene rings is 2. The summed E-state index contributed by atoms with van der Waals surface area (Å²) in [6.45, 7) is 0.159. The van der Waals surface area contributed by atoms with Gasteiger partial charge in [-0.05, 0) is 42.1 Å². The normalized spacial score (nSPS) is 15.8. The number of ether oxygens (including phenoxy) is 1. The van der Waals surface area contributed by atoms with E-state index in [0.29, 0.717) is 22.1 Å². The monoisotopic (exact) mass is 342 g/mol. The fourth-order valence-electron chi connectivity index (χ4n) is 2.23. The first-order chi connectivity index (χ1) is 11.5. The fourth-order valence-corrected chi connectivity index (χ4v) is 2.42. The number of hydrogen-bond donors (Lipinski definition) is 1. The van der Waals surface area contributed by atoms with E-state index >= 15 is 0 Å². The van der Waals surface area contributed by atoms with Crippen molar-refractivity contribution < 1.29 is 13.9 Å². The average molecular weight is 342 g/mol. The van der Waals surface area contributed by atoms with Crippen LogP contribution in [0.5, 0.6) is 5.75 Å². The zero-order valence-electron chi connectivity index (χ0n) is 13.0. The van der Waals surface area contributed by atoms with Crippen molar-refractivity contribution in [2.45, 2.75) is 6.61 Å². The summed E-state index contributed by atoms with van der Waals surface area (Å²) in [5.41, 5.74) is 1.77. The van der Waals surface area contributed by atoms with Crippen molar-refractivity contribution in [3.05, 3.63) is 71.2 Å². The van der Waals surface area contributed by atoms with Crippen molar-refractivity contribution in [2.24, 2.45) is 0 Å². The smallest absolute Gasteiger partial charge is 0.276 e. The summed E-state index contributed by atoms with van der Waals surface area (Å²) in [6, 6.07) is 13.7. The van der Waals surface area contributed by atoms with Gasteiger partial charge in [-0.2, -0.15) is 0 Å². The molecule has 0 aliphatic carbocycles. The topological polar surface area (TPSA) is 41.6 Å². The summed E-state index contributed by atoms with van der Waals surface area (Å²) in [6.07, 6.45) is 1.72. The Morgan fingerprint density at radius 2 is 1.92 bits per heavy atom. The molecule has 1 heterocycles. The van der Waals surface area contributed by atoms with Crippen LogP contribution in [0.25, 0.3) is 6.08 Å². The second-order valence-electron chi connectivity index (χ2n) is 5.30. The molecule has 1 aliphatic heterocycles. The van der Waals surface area contributed by atoms with Crippen molar-refractivity contribution >= 4 is 29.3 Å². The fraction of sp³-hybridized carbons (Fsp3) is 0.111. The minimum absolute atomic E-state index is 0.159. The maximum atomic E-state index is 13.5. The summed E-state index contributed by atoms with van der Waals surface area (Å²) in [5.74, 6) is 0.170. The van der Waals surface area contributed by atoms with Crippen molar-refractivity contribution in [1.82, 2.24) is 10.2 Å². The van der Waals surface area contributed by atoms with Gasteiger partial charge in [-0.3, -0.25) is 9.69 Å². The van der Waals surface area contributed by atoms with Crippen LogP contribution < -0.4 is 10.1 Å². The molecule has 0 radical (unpaired) electrons. The molecule has 0 bridgehead atoms. The van der Waals surface area contributed by atoms with E-state index in [1.54, 1.807) is 43.5 Å². The maximum absolute atomic E-state index is 13.5. The van der Waals surface area contributed by atoms with Crippen LogP contribution in [-0.4, -0.2) is 23.0 Å². The molecule has 2 aromatic rings. The molecule has 1 fully saturated rings. The van der Waals surface area contributed by atoms with E-state index in [9.17, 15) is 9.18 Å².